The van der Waals surface area contributed by atoms with Crippen molar-refractivity contribution >= 4 is 67.9 Å². The SMILES string of the molecule is O=C1NC(=O)N(c2ccc3c(c2)OCO3)C(=O)/C1=C/c1cc(Cl)c(OCc2cccc3ccccc23)c(Br)c1. The first-order valence-corrected chi connectivity index (χ1v) is 13.0. The molecule has 0 aliphatic carbocycles. The molecule has 1 saturated heterocycles. The van der Waals surface area contributed by atoms with Gasteiger partial charge in [-0.2, -0.15) is 0 Å². The Labute approximate surface area is 235 Å². The summed E-state index contributed by atoms with van der Waals surface area (Å²) in [6.45, 7) is 0.327. The molecule has 6 rings (SSSR count). The van der Waals surface area contributed by atoms with Gasteiger partial charge >= 0.3 is 6.03 Å². The Morgan fingerprint density at radius 3 is 2.62 bits per heavy atom. The lowest BCUT2D eigenvalue weighted by Crippen LogP contribution is -2.54. The Bertz CT molecular complexity index is 1690. The minimum atomic E-state index is -0.864. The van der Waals surface area contributed by atoms with Crippen LogP contribution in [0.25, 0.3) is 16.8 Å². The number of anilines is 1. The molecule has 10 heteroatoms. The first kappa shape index (κ1) is 25.0. The zero-order chi connectivity index (χ0) is 27.1. The fraction of sp³-hybridized carbons (Fsp3) is 0.0690. The summed E-state index contributed by atoms with van der Waals surface area (Å²) in [5.41, 5.74) is 1.46. The quantitative estimate of drug-likeness (QED) is 0.214. The summed E-state index contributed by atoms with van der Waals surface area (Å²) in [5.74, 6) is -0.289. The lowest BCUT2D eigenvalue weighted by Gasteiger charge is -2.26. The van der Waals surface area contributed by atoms with E-state index in [0.29, 0.717) is 27.3 Å². The van der Waals surface area contributed by atoms with Crippen molar-refractivity contribution in [3.05, 3.63) is 99.0 Å². The molecule has 0 spiro atoms. The standard InChI is InChI=1S/C29H18BrClN2O6/c30-22-11-16(12-23(31)26(22)37-14-18-6-3-5-17-4-1-2-7-20(17)18)10-21-27(34)32-29(36)33(28(21)35)19-8-9-24-25(13-19)39-15-38-24/h1-13H,14-15H2,(H,32,34,36)/b21-10+. The first-order valence-electron chi connectivity index (χ1n) is 11.8. The van der Waals surface area contributed by atoms with Crippen molar-refractivity contribution in [1.29, 1.82) is 0 Å². The number of nitrogens with zero attached hydrogens (tertiary/aromatic N) is 1. The number of barbiturate groups is 1. The van der Waals surface area contributed by atoms with Gasteiger partial charge in [0.05, 0.1) is 15.2 Å². The molecule has 4 aromatic carbocycles. The van der Waals surface area contributed by atoms with Gasteiger partial charge < -0.3 is 14.2 Å². The first-order chi connectivity index (χ1) is 18.9. The molecule has 0 saturated carbocycles. The smallest absolute Gasteiger partial charge is 0.335 e. The average molecular weight is 606 g/mol. The number of fused-ring (bicyclic) bond motifs is 2. The van der Waals surface area contributed by atoms with Crippen molar-refractivity contribution in [1.82, 2.24) is 5.32 Å². The van der Waals surface area contributed by atoms with E-state index >= 15 is 0 Å². The molecule has 0 radical (unpaired) electrons. The lowest BCUT2D eigenvalue weighted by atomic mass is 10.1. The zero-order valence-corrected chi connectivity index (χ0v) is 22.4. The Morgan fingerprint density at radius 1 is 0.974 bits per heavy atom. The van der Waals surface area contributed by atoms with Crippen LogP contribution in [0.4, 0.5) is 10.5 Å². The van der Waals surface area contributed by atoms with E-state index in [9.17, 15) is 14.4 Å². The minimum Gasteiger partial charge on any atom is -0.486 e. The number of rotatable bonds is 5. The van der Waals surface area contributed by atoms with Crippen LogP contribution in [0.3, 0.4) is 0 Å². The van der Waals surface area contributed by atoms with E-state index in [1.54, 1.807) is 18.2 Å². The highest BCUT2D eigenvalue weighted by Gasteiger charge is 2.37. The van der Waals surface area contributed by atoms with Crippen LogP contribution in [0.15, 0.2) is 82.8 Å². The van der Waals surface area contributed by atoms with Crippen LogP contribution in [0.1, 0.15) is 11.1 Å². The van der Waals surface area contributed by atoms with Gasteiger partial charge in [0, 0.05) is 6.07 Å². The maximum atomic E-state index is 13.3. The van der Waals surface area contributed by atoms with Gasteiger partial charge in [-0.15, -0.1) is 0 Å². The summed E-state index contributed by atoms with van der Waals surface area (Å²) in [4.78, 5) is 39.3. The van der Waals surface area contributed by atoms with E-state index in [1.807, 2.05) is 42.5 Å². The number of carbonyl (C=O) groups is 3. The Hall–Kier alpha value is -4.34. The second-order valence-electron chi connectivity index (χ2n) is 8.74. The summed E-state index contributed by atoms with van der Waals surface area (Å²) >= 11 is 10.0. The van der Waals surface area contributed by atoms with Crippen molar-refractivity contribution < 1.29 is 28.6 Å². The summed E-state index contributed by atoms with van der Waals surface area (Å²) in [6.07, 6.45) is 1.37. The van der Waals surface area contributed by atoms with E-state index < -0.39 is 17.8 Å². The number of hydrogen-bond donors (Lipinski definition) is 1. The number of halogens is 2. The second kappa shape index (κ2) is 10.1. The molecule has 194 valence electrons. The Balaban J connectivity index is 1.27. The number of hydrogen-bond acceptors (Lipinski definition) is 6. The molecule has 0 atom stereocenters. The predicted octanol–water partition coefficient (Wildman–Crippen LogP) is 6.23. The van der Waals surface area contributed by atoms with Crippen LogP contribution >= 0.6 is 27.5 Å². The molecule has 2 aliphatic heterocycles. The van der Waals surface area contributed by atoms with Gasteiger partial charge in [-0.25, -0.2) is 9.69 Å². The van der Waals surface area contributed by atoms with E-state index in [-0.39, 0.29) is 29.7 Å². The van der Waals surface area contributed by atoms with Crippen LogP contribution in [-0.2, 0) is 16.2 Å². The molecule has 0 bridgehead atoms. The number of carbonyl (C=O) groups excluding carboxylic acids is 3. The molecule has 8 nitrogen and oxygen atoms in total. The van der Waals surface area contributed by atoms with Crippen LogP contribution in [-0.4, -0.2) is 24.6 Å². The van der Waals surface area contributed by atoms with Crippen molar-refractivity contribution in [3.8, 4) is 17.2 Å². The zero-order valence-electron chi connectivity index (χ0n) is 20.1. The molecule has 1 fully saturated rings. The van der Waals surface area contributed by atoms with Gasteiger partial charge in [-0.1, -0.05) is 54.1 Å². The molecule has 1 N–H and O–H groups in total. The highest BCUT2D eigenvalue weighted by atomic mass is 79.9. The third kappa shape index (κ3) is 4.71. The summed E-state index contributed by atoms with van der Waals surface area (Å²) in [5, 5.41) is 4.68. The summed E-state index contributed by atoms with van der Waals surface area (Å²) in [7, 11) is 0. The van der Waals surface area contributed by atoms with Crippen LogP contribution in [0.5, 0.6) is 17.2 Å². The Morgan fingerprint density at radius 2 is 1.77 bits per heavy atom. The molecule has 2 heterocycles. The van der Waals surface area contributed by atoms with Gasteiger partial charge in [-0.3, -0.25) is 14.9 Å². The van der Waals surface area contributed by atoms with Crippen molar-refractivity contribution in [2.75, 3.05) is 11.7 Å². The van der Waals surface area contributed by atoms with Gasteiger partial charge in [-0.05, 0) is 68.2 Å². The molecule has 4 aromatic rings. The number of urea groups is 1. The molecule has 0 aromatic heterocycles. The number of benzene rings is 4. The largest absolute Gasteiger partial charge is 0.486 e. The highest BCUT2D eigenvalue weighted by molar-refractivity contribution is 9.10. The minimum absolute atomic E-state index is 0.0415. The normalized spacial score (nSPS) is 15.7. The van der Waals surface area contributed by atoms with Gasteiger partial charge in [0.15, 0.2) is 17.2 Å². The predicted molar refractivity (Wildman–Crippen MR) is 149 cm³/mol. The van der Waals surface area contributed by atoms with E-state index in [0.717, 1.165) is 21.2 Å². The second-order valence-corrected chi connectivity index (χ2v) is 10.00. The molecule has 2 aliphatic rings. The van der Waals surface area contributed by atoms with Crippen LogP contribution < -0.4 is 24.4 Å². The third-order valence-electron chi connectivity index (χ3n) is 6.30. The number of nitrogens with one attached hydrogen (secondary N) is 1. The number of imide groups is 2. The molecule has 0 unspecified atom stereocenters. The average Bonchev–Trinajstić information content (AvgIpc) is 3.39. The maximum absolute atomic E-state index is 13.3. The fourth-order valence-electron chi connectivity index (χ4n) is 4.45. The third-order valence-corrected chi connectivity index (χ3v) is 7.17. The highest BCUT2D eigenvalue weighted by Crippen LogP contribution is 2.38. The van der Waals surface area contributed by atoms with Gasteiger partial charge in [0.1, 0.15) is 12.2 Å². The van der Waals surface area contributed by atoms with Crippen LogP contribution in [0, 0.1) is 0 Å². The molecular formula is C29H18BrClN2O6. The number of amides is 4. The molecular weight excluding hydrogens is 588 g/mol. The van der Waals surface area contributed by atoms with Crippen molar-refractivity contribution in [2.45, 2.75) is 6.61 Å². The van der Waals surface area contributed by atoms with E-state index in [4.69, 9.17) is 25.8 Å². The molecule has 4 amide bonds. The van der Waals surface area contributed by atoms with Crippen molar-refractivity contribution in [3.63, 3.8) is 0 Å². The van der Waals surface area contributed by atoms with Crippen LogP contribution in [0.2, 0.25) is 5.02 Å². The topological polar surface area (TPSA) is 94.2 Å². The fourth-order valence-corrected chi connectivity index (χ4v) is 5.44. The summed E-state index contributed by atoms with van der Waals surface area (Å²) in [6, 6.07) is 21.0. The van der Waals surface area contributed by atoms with E-state index in [1.165, 1.54) is 18.2 Å². The maximum Gasteiger partial charge on any atom is 0.335 e. The Kier molecular flexibility index (Phi) is 6.46. The van der Waals surface area contributed by atoms with Gasteiger partial charge in [0.2, 0.25) is 6.79 Å². The summed E-state index contributed by atoms with van der Waals surface area (Å²) < 4.78 is 17.2. The number of ether oxygens (including phenoxy) is 3. The monoisotopic (exact) mass is 604 g/mol. The van der Waals surface area contributed by atoms with Crippen molar-refractivity contribution in [2.24, 2.45) is 0 Å². The lowest BCUT2D eigenvalue weighted by molar-refractivity contribution is -0.122. The van der Waals surface area contributed by atoms with E-state index in [2.05, 4.69) is 21.2 Å². The van der Waals surface area contributed by atoms with Gasteiger partial charge in [0.25, 0.3) is 11.8 Å². The molecule has 39 heavy (non-hydrogen) atoms.